The third-order valence-electron chi connectivity index (χ3n) is 2.70. The van der Waals surface area contributed by atoms with E-state index in [0.29, 0.717) is 5.75 Å². The van der Waals surface area contributed by atoms with Crippen molar-refractivity contribution >= 4 is 0 Å². The smallest absolute Gasteiger partial charge is 0.115 e. The molecule has 2 heteroatoms. The van der Waals surface area contributed by atoms with Gasteiger partial charge in [0.05, 0.1) is 0 Å². The van der Waals surface area contributed by atoms with Crippen LogP contribution in [-0.4, -0.2) is 5.11 Å². The topological polar surface area (TPSA) is 46.2 Å². The van der Waals surface area contributed by atoms with Crippen molar-refractivity contribution in [3.05, 3.63) is 29.8 Å². The summed E-state index contributed by atoms with van der Waals surface area (Å²) in [6.07, 6.45) is 1.82. The number of nitrogens with two attached hydrogens (primary N) is 1. The number of benzene rings is 1. The van der Waals surface area contributed by atoms with Gasteiger partial charge < -0.3 is 10.8 Å². The SMILES string of the molecule is CCC(N)(CC)c1ccc(O)cc1. The van der Waals surface area contributed by atoms with E-state index in [4.69, 9.17) is 10.8 Å². The Labute approximate surface area is 79.4 Å². The van der Waals surface area contributed by atoms with Crippen LogP contribution < -0.4 is 5.73 Å². The van der Waals surface area contributed by atoms with Crippen LogP contribution in [0.1, 0.15) is 32.3 Å². The van der Waals surface area contributed by atoms with Crippen LogP contribution in [0.25, 0.3) is 0 Å². The fraction of sp³-hybridized carbons (Fsp3) is 0.455. The highest BCUT2D eigenvalue weighted by Gasteiger charge is 2.22. The minimum atomic E-state index is -0.242. The molecule has 1 aromatic rings. The van der Waals surface area contributed by atoms with Gasteiger partial charge in [0.15, 0.2) is 0 Å². The van der Waals surface area contributed by atoms with Crippen LogP contribution in [0.5, 0.6) is 5.75 Å². The normalized spacial score (nSPS) is 11.6. The largest absolute Gasteiger partial charge is 0.508 e. The molecule has 0 aliphatic heterocycles. The van der Waals surface area contributed by atoms with Gasteiger partial charge in [0.25, 0.3) is 0 Å². The molecule has 0 aliphatic carbocycles. The summed E-state index contributed by atoms with van der Waals surface area (Å²) in [5, 5.41) is 9.13. The van der Waals surface area contributed by atoms with E-state index >= 15 is 0 Å². The molecule has 0 aliphatic rings. The Morgan fingerprint density at radius 3 is 2.00 bits per heavy atom. The molecule has 0 amide bonds. The molecule has 0 atom stereocenters. The summed E-state index contributed by atoms with van der Waals surface area (Å²) in [6, 6.07) is 7.15. The summed E-state index contributed by atoms with van der Waals surface area (Å²) in [6.45, 7) is 4.16. The van der Waals surface area contributed by atoms with Gasteiger partial charge in [-0.15, -0.1) is 0 Å². The van der Waals surface area contributed by atoms with E-state index in [-0.39, 0.29) is 5.54 Å². The molecule has 0 heterocycles. The van der Waals surface area contributed by atoms with E-state index in [9.17, 15) is 0 Å². The lowest BCUT2D eigenvalue weighted by Crippen LogP contribution is -2.34. The number of hydrogen-bond acceptors (Lipinski definition) is 2. The summed E-state index contributed by atoms with van der Waals surface area (Å²) in [7, 11) is 0. The first-order valence-electron chi connectivity index (χ1n) is 4.70. The molecule has 2 nitrogen and oxygen atoms in total. The van der Waals surface area contributed by atoms with Gasteiger partial charge in [-0.3, -0.25) is 0 Å². The van der Waals surface area contributed by atoms with Crippen LogP contribution in [0.2, 0.25) is 0 Å². The predicted molar refractivity (Wildman–Crippen MR) is 54.6 cm³/mol. The molecule has 3 N–H and O–H groups in total. The number of phenols is 1. The van der Waals surface area contributed by atoms with E-state index in [2.05, 4.69) is 13.8 Å². The molecule has 0 spiro atoms. The molecule has 1 aromatic carbocycles. The van der Waals surface area contributed by atoms with Crippen molar-refractivity contribution in [2.24, 2.45) is 5.73 Å². The van der Waals surface area contributed by atoms with E-state index in [1.165, 1.54) is 0 Å². The van der Waals surface area contributed by atoms with Gasteiger partial charge in [0.2, 0.25) is 0 Å². The second-order valence-electron chi connectivity index (χ2n) is 3.41. The van der Waals surface area contributed by atoms with Gasteiger partial charge in [0, 0.05) is 5.54 Å². The van der Waals surface area contributed by atoms with Gasteiger partial charge >= 0.3 is 0 Å². The van der Waals surface area contributed by atoms with Crippen LogP contribution in [0.4, 0.5) is 0 Å². The summed E-state index contributed by atoms with van der Waals surface area (Å²) in [5.41, 5.74) is 7.04. The highest BCUT2D eigenvalue weighted by molar-refractivity contribution is 5.30. The lowest BCUT2D eigenvalue weighted by Gasteiger charge is -2.27. The average molecular weight is 179 g/mol. The summed E-state index contributed by atoms with van der Waals surface area (Å²) in [4.78, 5) is 0. The lowest BCUT2D eigenvalue weighted by molar-refractivity contribution is 0.411. The predicted octanol–water partition coefficient (Wildman–Crippen LogP) is 2.37. The van der Waals surface area contributed by atoms with Crippen molar-refractivity contribution in [2.45, 2.75) is 32.2 Å². The summed E-state index contributed by atoms with van der Waals surface area (Å²) in [5.74, 6) is 0.290. The maximum absolute atomic E-state index is 9.13. The van der Waals surface area contributed by atoms with Crippen molar-refractivity contribution in [1.29, 1.82) is 0 Å². The third-order valence-corrected chi connectivity index (χ3v) is 2.70. The third kappa shape index (κ3) is 2.01. The quantitative estimate of drug-likeness (QED) is 0.748. The Morgan fingerprint density at radius 2 is 1.62 bits per heavy atom. The molecule has 0 saturated carbocycles. The molecule has 13 heavy (non-hydrogen) atoms. The molecule has 0 unspecified atom stereocenters. The average Bonchev–Trinajstić information content (AvgIpc) is 2.18. The van der Waals surface area contributed by atoms with Crippen molar-refractivity contribution in [1.82, 2.24) is 0 Å². The Kier molecular flexibility index (Phi) is 2.94. The van der Waals surface area contributed by atoms with Crippen LogP contribution in [0.3, 0.4) is 0 Å². The van der Waals surface area contributed by atoms with E-state index in [1.807, 2.05) is 12.1 Å². The van der Waals surface area contributed by atoms with Crippen LogP contribution in [0.15, 0.2) is 24.3 Å². The molecule has 0 saturated heterocycles. The molecule has 0 radical (unpaired) electrons. The van der Waals surface area contributed by atoms with Gasteiger partial charge in [-0.05, 0) is 30.5 Å². The Morgan fingerprint density at radius 1 is 1.15 bits per heavy atom. The van der Waals surface area contributed by atoms with Crippen molar-refractivity contribution in [3.8, 4) is 5.75 Å². The minimum Gasteiger partial charge on any atom is -0.508 e. The standard InChI is InChI=1S/C11H17NO/c1-3-11(12,4-2)9-5-7-10(13)8-6-9/h5-8,13H,3-4,12H2,1-2H3. The zero-order chi connectivity index (χ0) is 9.90. The zero-order valence-corrected chi connectivity index (χ0v) is 8.25. The van der Waals surface area contributed by atoms with E-state index in [1.54, 1.807) is 12.1 Å². The summed E-state index contributed by atoms with van der Waals surface area (Å²) >= 11 is 0. The number of hydrogen-bond donors (Lipinski definition) is 2. The van der Waals surface area contributed by atoms with Crippen molar-refractivity contribution in [3.63, 3.8) is 0 Å². The zero-order valence-electron chi connectivity index (χ0n) is 8.25. The van der Waals surface area contributed by atoms with Gasteiger partial charge in [-0.25, -0.2) is 0 Å². The molecule has 0 bridgehead atoms. The van der Waals surface area contributed by atoms with Crippen molar-refractivity contribution in [2.75, 3.05) is 0 Å². The van der Waals surface area contributed by atoms with E-state index < -0.39 is 0 Å². The maximum atomic E-state index is 9.13. The van der Waals surface area contributed by atoms with Crippen LogP contribution in [-0.2, 0) is 5.54 Å². The fourth-order valence-corrected chi connectivity index (χ4v) is 1.45. The van der Waals surface area contributed by atoms with Gasteiger partial charge in [-0.2, -0.15) is 0 Å². The minimum absolute atomic E-state index is 0.242. The second kappa shape index (κ2) is 3.79. The first-order chi connectivity index (χ1) is 6.12. The monoisotopic (exact) mass is 179 g/mol. The Bertz CT molecular complexity index is 262. The van der Waals surface area contributed by atoms with Crippen LogP contribution >= 0.6 is 0 Å². The Balaban J connectivity index is 2.99. The van der Waals surface area contributed by atoms with Gasteiger partial charge in [-0.1, -0.05) is 26.0 Å². The lowest BCUT2D eigenvalue weighted by atomic mass is 9.86. The van der Waals surface area contributed by atoms with Gasteiger partial charge in [0.1, 0.15) is 5.75 Å². The summed E-state index contributed by atoms with van der Waals surface area (Å²) < 4.78 is 0. The number of aromatic hydroxyl groups is 1. The van der Waals surface area contributed by atoms with Crippen molar-refractivity contribution < 1.29 is 5.11 Å². The molecule has 0 aromatic heterocycles. The Hall–Kier alpha value is -1.02. The van der Waals surface area contributed by atoms with Crippen LogP contribution in [0, 0.1) is 0 Å². The first kappa shape index (κ1) is 10.1. The maximum Gasteiger partial charge on any atom is 0.115 e. The molecular formula is C11H17NO. The number of rotatable bonds is 3. The number of phenolic OH excluding ortho intramolecular Hbond substituents is 1. The molecular weight excluding hydrogens is 162 g/mol. The second-order valence-corrected chi connectivity index (χ2v) is 3.41. The molecule has 1 rings (SSSR count). The van der Waals surface area contributed by atoms with E-state index in [0.717, 1.165) is 18.4 Å². The highest BCUT2D eigenvalue weighted by Crippen LogP contribution is 2.26. The molecule has 72 valence electrons. The molecule has 0 fully saturated rings. The first-order valence-corrected chi connectivity index (χ1v) is 4.70. The fourth-order valence-electron chi connectivity index (χ4n) is 1.45. The highest BCUT2D eigenvalue weighted by atomic mass is 16.3.